The predicted molar refractivity (Wildman–Crippen MR) is 43.2 cm³/mol. The van der Waals surface area contributed by atoms with Gasteiger partial charge in [-0.3, -0.25) is 0 Å². The second-order valence-electron chi connectivity index (χ2n) is 2.58. The molecule has 2 nitrogen and oxygen atoms in total. The topological polar surface area (TPSA) is 26.0 Å². The van der Waals surface area contributed by atoms with Gasteiger partial charge < -0.3 is 4.52 Å². The molecular formula is C9H9NO. The number of nitrogens with zero attached hydrogens (tertiary/aromatic N) is 1. The van der Waals surface area contributed by atoms with Crippen molar-refractivity contribution >= 4 is 12.2 Å². The van der Waals surface area contributed by atoms with E-state index < -0.39 is 0 Å². The molecule has 0 aromatic carbocycles. The summed E-state index contributed by atoms with van der Waals surface area (Å²) in [7, 11) is 0. The van der Waals surface area contributed by atoms with Crippen LogP contribution in [0, 0.1) is 6.92 Å². The molecule has 1 aromatic rings. The summed E-state index contributed by atoms with van der Waals surface area (Å²) in [6, 6.07) is 0. The standard InChI is InChI=1S/C9H9NO/c1-7-8-5-3-2-4-6-9(8)11-10-7/h2-3,5-6H,4H2,1H3. The van der Waals surface area contributed by atoms with E-state index in [4.69, 9.17) is 4.52 Å². The SMILES string of the molecule is Cc1noc2c1=CC=CCC=2. The van der Waals surface area contributed by atoms with Gasteiger partial charge in [0, 0.05) is 5.22 Å². The molecule has 0 bridgehead atoms. The molecule has 2 heteroatoms. The van der Waals surface area contributed by atoms with Crippen LogP contribution in [0.1, 0.15) is 12.1 Å². The van der Waals surface area contributed by atoms with E-state index in [1.807, 2.05) is 25.2 Å². The van der Waals surface area contributed by atoms with Crippen molar-refractivity contribution in [2.75, 3.05) is 0 Å². The van der Waals surface area contributed by atoms with Crippen molar-refractivity contribution in [1.82, 2.24) is 5.16 Å². The van der Waals surface area contributed by atoms with Crippen LogP contribution in [0.15, 0.2) is 16.7 Å². The highest BCUT2D eigenvalue weighted by Gasteiger charge is 1.97. The smallest absolute Gasteiger partial charge is 0.163 e. The first-order valence-electron chi connectivity index (χ1n) is 3.67. The summed E-state index contributed by atoms with van der Waals surface area (Å²) in [6.45, 7) is 1.95. The molecule has 56 valence electrons. The number of aromatic nitrogens is 1. The monoisotopic (exact) mass is 147 g/mol. The lowest BCUT2D eigenvalue weighted by Crippen LogP contribution is -2.20. The number of hydrogen-bond acceptors (Lipinski definition) is 2. The molecule has 0 aliphatic heterocycles. The van der Waals surface area contributed by atoms with Gasteiger partial charge in [0.05, 0.1) is 5.69 Å². The molecule has 1 aromatic heterocycles. The van der Waals surface area contributed by atoms with E-state index in [0.717, 1.165) is 22.7 Å². The van der Waals surface area contributed by atoms with E-state index in [1.54, 1.807) is 0 Å². The first-order valence-corrected chi connectivity index (χ1v) is 3.67. The summed E-state index contributed by atoms with van der Waals surface area (Å²) in [5, 5.41) is 4.98. The fourth-order valence-corrected chi connectivity index (χ4v) is 1.16. The van der Waals surface area contributed by atoms with Gasteiger partial charge in [0.15, 0.2) is 5.42 Å². The highest BCUT2D eigenvalue weighted by Crippen LogP contribution is 1.89. The molecule has 1 aliphatic rings. The Morgan fingerprint density at radius 1 is 1.55 bits per heavy atom. The lowest BCUT2D eigenvalue weighted by Gasteiger charge is -1.72. The Kier molecular flexibility index (Phi) is 1.39. The van der Waals surface area contributed by atoms with Gasteiger partial charge in [-0.15, -0.1) is 0 Å². The van der Waals surface area contributed by atoms with Crippen molar-refractivity contribution < 1.29 is 4.52 Å². The minimum absolute atomic E-state index is 0.896. The van der Waals surface area contributed by atoms with Crippen molar-refractivity contribution in [3.63, 3.8) is 0 Å². The summed E-state index contributed by atoms with van der Waals surface area (Å²) in [5.74, 6) is 0. The maximum absolute atomic E-state index is 5.09. The average Bonchev–Trinajstić information content (AvgIpc) is 2.25. The molecule has 2 rings (SSSR count). The molecular weight excluding hydrogens is 138 g/mol. The third-order valence-corrected chi connectivity index (χ3v) is 1.77. The Balaban J connectivity index is 2.85. The number of fused-ring (bicyclic) bond motifs is 1. The van der Waals surface area contributed by atoms with Crippen LogP contribution in [-0.4, -0.2) is 5.16 Å². The second kappa shape index (κ2) is 2.38. The normalized spacial score (nSPS) is 14.6. The Bertz CT molecular complexity index is 398. The van der Waals surface area contributed by atoms with Crippen LogP contribution in [0.25, 0.3) is 12.2 Å². The van der Waals surface area contributed by atoms with Gasteiger partial charge in [0.2, 0.25) is 0 Å². The minimum atomic E-state index is 0.896. The first kappa shape index (κ1) is 6.40. The van der Waals surface area contributed by atoms with E-state index >= 15 is 0 Å². The number of allylic oxidation sites excluding steroid dienone is 2. The molecule has 1 heterocycles. The van der Waals surface area contributed by atoms with E-state index in [0.29, 0.717) is 0 Å². The largest absolute Gasteiger partial charge is 0.356 e. The van der Waals surface area contributed by atoms with Gasteiger partial charge in [-0.05, 0) is 25.5 Å². The van der Waals surface area contributed by atoms with Crippen LogP contribution in [-0.2, 0) is 0 Å². The van der Waals surface area contributed by atoms with Gasteiger partial charge >= 0.3 is 0 Å². The predicted octanol–water partition coefficient (Wildman–Crippen LogP) is 0.504. The molecule has 0 saturated heterocycles. The number of hydrogen-bond donors (Lipinski definition) is 0. The zero-order valence-electron chi connectivity index (χ0n) is 6.37. The van der Waals surface area contributed by atoms with E-state index in [2.05, 4.69) is 11.2 Å². The molecule has 0 N–H and O–H groups in total. The van der Waals surface area contributed by atoms with Crippen LogP contribution in [0.2, 0.25) is 0 Å². The van der Waals surface area contributed by atoms with Crippen molar-refractivity contribution in [1.29, 1.82) is 0 Å². The Labute approximate surface area is 64.5 Å². The van der Waals surface area contributed by atoms with E-state index in [-0.39, 0.29) is 0 Å². The summed E-state index contributed by atoms with van der Waals surface area (Å²) in [5.41, 5.74) is 1.86. The molecule has 0 saturated carbocycles. The molecule has 0 spiro atoms. The van der Waals surface area contributed by atoms with Gasteiger partial charge in [-0.2, -0.15) is 0 Å². The summed E-state index contributed by atoms with van der Waals surface area (Å²) in [4.78, 5) is 0. The van der Waals surface area contributed by atoms with Crippen molar-refractivity contribution in [2.24, 2.45) is 0 Å². The van der Waals surface area contributed by atoms with Crippen LogP contribution >= 0.6 is 0 Å². The Morgan fingerprint density at radius 3 is 3.36 bits per heavy atom. The van der Waals surface area contributed by atoms with Crippen LogP contribution in [0.3, 0.4) is 0 Å². The van der Waals surface area contributed by atoms with E-state index in [1.165, 1.54) is 0 Å². The van der Waals surface area contributed by atoms with Gasteiger partial charge in [0.25, 0.3) is 0 Å². The van der Waals surface area contributed by atoms with Gasteiger partial charge in [-0.25, -0.2) is 0 Å². The molecule has 0 fully saturated rings. The van der Waals surface area contributed by atoms with Gasteiger partial charge in [-0.1, -0.05) is 17.3 Å². The fraction of sp³-hybridized carbons (Fsp3) is 0.222. The highest BCUT2D eigenvalue weighted by atomic mass is 16.5. The number of aryl methyl sites for hydroxylation is 1. The quantitative estimate of drug-likeness (QED) is 0.534. The minimum Gasteiger partial charge on any atom is -0.356 e. The maximum atomic E-state index is 5.09. The van der Waals surface area contributed by atoms with Crippen LogP contribution in [0.4, 0.5) is 0 Å². The lowest BCUT2D eigenvalue weighted by atomic mass is 10.3. The fourth-order valence-electron chi connectivity index (χ4n) is 1.16. The molecule has 0 amide bonds. The first-order chi connectivity index (χ1) is 5.38. The van der Waals surface area contributed by atoms with Gasteiger partial charge in [0.1, 0.15) is 0 Å². The van der Waals surface area contributed by atoms with Crippen molar-refractivity contribution in [3.05, 3.63) is 28.5 Å². The Hall–Kier alpha value is -1.31. The zero-order chi connectivity index (χ0) is 7.68. The third-order valence-electron chi connectivity index (χ3n) is 1.77. The molecule has 1 aliphatic carbocycles. The van der Waals surface area contributed by atoms with Crippen molar-refractivity contribution in [3.8, 4) is 0 Å². The van der Waals surface area contributed by atoms with Crippen LogP contribution in [0.5, 0.6) is 0 Å². The van der Waals surface area contributed by atoms with E-state index in [9.17, 15) is 0 Å². The second-order valence-corrected chi connectivity index (χ2v) is 2.58. The maximum Gasteiger partial charge on any atom is 0.163 e. The Morgan fingerprint density at radius 2 is 2.45 bits per heavy atom. The lowest BCUT2D eigenvalue weighted by molar-refractivity contribution is 0.389. The molecule has 0 atom stereocenters. The zero-order valence-corrected chi connectivity index (χ0v) is 6.37. The third kappa shape index (κ3) is 1.00. The average molecular weight is 147 g/mol. The van der Waals surface area contributed by atoms with Crippen molar-refractivity contribution in [2.45, 2.75) is 13.3 Å². The molecule has 0 unspecified atom stereocenters. The summed E-state index contributed by atoms with van der Waals surface area (Å²) >= 11 is 0. The highest BCUT2D eigenvalue weighted by molar-refractivity contribution is 5.42. The number of rotatable bonds is 0. The molecule has 11 heavy (non-hydrogen) atoms. The van der Waals surface area contributed by atoms with Crippen LogP contribution < -0.4 is 10.6 Å². The summed E-state index contributed by atoms with van der Waals surface area (Å²) < 4.78 is 5.09. The summed E-state index contributed by atoms with van der Waals surface area (Å²) in [6.07, 6.45) is 9.12. The molecule has 0 radical (unpaired) electrons.